The Hall–Kier alpha value is -2.53. The van der Waals surface area contributed by atoms with Gasteiger partial charge in [-0.3, -0.25) is 18.7 Å². The fourth-order valence-electron chi connectivity index (χ4n) is 3.65. The molecule has 1 atom stereocenters. The van der Waals surface area contributed by atoms with E-state index in [4.69, 9.17) is 41.6 Å². The Morgan fingerprint density at radius 2 is 1.61 bits per heavy atom. The lowest BCUT2D eigenvalue weighted by Gasteiger charge is -2.28. The maximum Gasteiger partial charge on any atom is 0.265 e. The highest BCUT2D eigenvalue weighted by atomic mass is 35.5. The minimum atomic E-state index is -4.03. The van der Waals surface area contributed by atoms with Crippen molar-refractivity contribution >= 4 is 45.1 Å². The Balaban J connectivity index is 2.06. The van der Waals surface area contributed by atoms with Crippen LogP contribution in [-0.2, 0) is 24.7 Å². The summed E-state index contributed by atoms with van der Waals surface area (Å²) in [5.41, 5.74) is -1.31. The molecule has 1 heterocycles. The molecule has 2 aromatic carbocycles. The maximum atomic E-state index is 13.3. The molecule has 1 unspecified atom stereocenters. The third-order valence-electron chi connectivity index (χ3n) is 5.06. The highest BCUT2D eigenvalue weighted by Gasteiger charge is 2.50. The van der Waals surface area contributed by atoms with Crippen LogP contribution in [0.1, 0.15) is 22.3 Å². The van der Waals surface area contributed by atoms with Gasteiger partial charge in [-0.25, -0.2) is 0 Å². The maximum absolute atomic E-state index is 13.3. The number of carbonyl (C=O) groups is 2. The molecule has 178 valence electrons. The van der Waals surface area contributed by atoms with Crippen LogP contribution in [0.15, 0.2) is 30.3 Å². The SMILES string of the molecule is COc1cc(C(=O)N2CC(OS(C)(=O)=O)(c3ccc(Cl)c(Cl)c3)CC2=O)cc(OC)c1OC. The number of carbonyl (C=O) groups excluding carboxylic acids is 2. The van der Waals surface area contributed by atoms with Gasteiger partial charge in [-0.15, -0.1) is 0 Å². The van der Waals surface area contributed by atoms with Gasteiger partial charge in [0.1, 0.15) is 5.60 Å². The van der Waals surface area contributed by atoms with Gasteiger partial charge in [0.2, 0.25) is 11.7 Å². The molecule has 3 rings (SSSR count). The molecule has 1 aliphatic heterocycles. The van der Waals surface area contributed by atoms with Crippen molar-refractivity contribution in [3.8, 4) is 17.2 Å². The minimum absolute atomic E-state index is 0.0714. The molecule has 1 fully saturated rings. The highest BCUT2D eigenvalue weighted by Crippen LogP contribution is 2.42. The van der Waals surface area contributed by atoms with E-state index in [1.54, 1.807) is 0 Å². The van der Waals surface area contributed by atoms with Crippen LogP contribution in [0.5, 0.6) is 17.2 Å². The molecule has 1 aliphatic rings. The van der Waals surface area contributed by atoms with Gasteiger partial charge in [0, 0.05) is 5.56 Å². The molecule has 1 saturated heterocycles. The zero-order valence-electron chi connectivity index (χ0n) is 18.2. The predicted octanol–water partition coefficient (Wildman–Crippen LogP) is 3.26. The van der Waals surface area contributed by atoms with Crippen LogP contribution in [-0.4, -0.2) is 59.3 Å². The molecular formula is C21H21Cl2NO8S. The summed E-state index contributed by atoms with van der Waals surface area (Å²) >= 11 is 12.1. The Morgan fingerprint density at radius 1 is 1.00 bits per heavy atom. The monoisotopic (exact) mass is 517 g/mol. The van der Waals surface area contributed by atoms with Crippen molar-refractivity contribution in [2.75, 3.05) is 34.1 Å². The molecule has 0 aliphatic carbocycles. The van der Waals surface area contributed by atoms with Gasteiger partial charge in [-0.1, -0.05) is 29.3 Å². The zero-order valence-corrected chi connectivity index (χ0v) is 20.5. The topological polar surface area (TPSA) is 108 Å². The Morgan fingerprint density at radius 3 is 2.09 bits per heavy atom. The van der Waals surface area contributed by atoms with Crippen LogP contribution < -0.4 is 14.2 Å². The van der Waals surface area contributed by atoms with E-state index < -0.39 is 34.0 Å². The number of methoxy groups -OCH3 is 3. The van der Waals surface area contributed by atoms with E-state index >= 15 is 0 Å². The second-order valence-corrected chi connectivity index (χ2v) is 9.68. The Kier molecular flexibility index (Phi) is 7.13. The third kappa shape index (κ3) is 5.03. The summed E-state index contributed by atoms with van der Waals surface area (Å²) in [5, 5.41) is 0.386. The number of halogens is 2. The molecule has 0 spiro atoms. The van der Waals surface area contributed by atoms with Crippen LogP contribution in [0, 0.1) is 0 Å². The van der Waals surface area contributed by atoms with E-state index in [2.05, 4.69) is 0 Å². The molecule has 0 radical (unpaired) electrons. The average molecular weight is 518 g/mol. The number of ether oxygens (including phenoxy) is 3. The van der Waals surface area contributed by atoms with Gasteiger partial charge in [-0.2, -0.15) is 8.42 Å². The van der Waals surface area contributed by atoms with Gasteiger partial charge in [0.15, 0.2) is 11.5 Å². The number of nitrogens with zero attached hydrogens (tertiary/aromatic N) is 1. The number of hydrogen-bond donors (Lipinski definition) is 0. The number of likely N-dealkylation sites (tertiary alicyclic amines) is 1. The molecule has 9 nitrogen and oxygen atoms in total. The van der Waals surface area contributed by atoms with Crippen molar-refractivity contribution in [1.29, 1.82) is 0 Å². The number of imide groups is 1. The smallest absolute Gasteiger partial charge is 0.265 e. The van der Waals surface area contributed by atoms with Crippen LogP contribution >= 0.6 is 23.2 Å². The number of amides is 2. The highest BCUT2D eigenvalue weighted by molar-refractivity contribution is 7.86. The molecule has 0 aromatic heterocycles. The molecule has 2 amide bonds. The number of hydrogen-bond acceptors (Lipinski definition) is 8. The quantitative estimate of drug-likeness (QED) is 0.406. The summed E-state index contributed by atoms with van der Waals surface area (Å²) in [6, 6.07) is 7.16. The zero-order chi connectivity index (χ0) is 24.6. The van der Waals surface area contributed by atoms with Crippen LogP contribution in [0.2, 0.25) is 10.0 Å². The first-order chi connectivity index (χ1) is 15.4. The lowest BCUT2D eigenvalue weighted by atomic mass is 9.93. The third-order valence-corrected chi connectivity index (χ3v) is 6.43. The first kappa shape index (κ1) is 25.1. The molecule has 2 aromatic rings. The van der Waals surface area contributed by atoms with Crippen molar-refractivity contribution in [2.24, 2.45) is 0 Å². The van der Waals surface area contributed by atoms with Gasteiger partial charge in [0.25, 0.3) is 16.0 Å². The number of rotatable bonds is 7. The van der Waals surface area contributed by atoms with E-state index in [0.29, 0.717) is 0 Å². The second kappa shape index (κ2) is 9.38. The minimum Gasteiger partial charge on any atom is -0.493 e. The van der Waals surface area contributed by atoms with E-state index in [1.807, 2.05) is 0 Å². The first-order valence-electron chi connectivity index (χ1n) is 9.45. The fourth-order valence-corrected chi connectivity index (χ4v) is 4.74. The summed E-state index contributed by atoms with van der Waals surface area (Å²) in [6.07, 6.45) is 0.453. The van der Waals surface area contributed by atoms with Crippen molar-refractivity contribution in [3.05, 3.63) is 51.5 Å². The molecule has 0 saturated carbocycles. The molecular weight excluding hydrogens is 497 g/mol. The Bertz CT molecular complexity index is 1190. The van der Waals surface area contributed by atoms with Crippen molar-refractivity contribution in [1.82, 2.24) is 4.90 Å². The van der Waals surface area contributed by atoms with Gasteiger partial charge in [0.05, 0.1) is 50.6 Å². The summed E-state index contributed by atoms with van der Waals surface area (Å²) in [4.78, 5) is 27.1. The standard InChI is InChI=1S/C21H21Cl2NO8S/c1-29-16-7-12(8-17(30-2)19(16)31-3)20(26)24-11-21(10-18(24)25,32-33(4,27)28)13-5-6-14(22)15(23)9-13/h5-9H,10-11H2,1-4H3. The molecule has 33 heavy (non-hydrogen) atoms. The normalized spacial score (nSPS) is 18.4. The van der Waals surface area contributed by atoms with E-state index in [9.17, 15) is 18.0 Å². The van der Waals surface area contributed by atoms with E-state index in [0.717, 1.165) is 11.2 Å². The van der Waals surface area contributed by atoms with E-state index in [1.165, 1.54) is 51.7 Å². The largest absolute Gasteiger partial charge is 0.493 e. The van der Waals surface area contributed by atoms with Crippen LogP contribution in [0.4, 0.5) is 0 Å². The van der Waals surface area contributed by atoms with E-state index in [-0.39, 0.29) is 45.0 Å². The Labute approximate surface area is 201 Å². The van der Waals surface area contributed by atoms with Crippen molar-refractivity contribution in [3.63, 3.8) is 0 Å². The van der Waals surface area contributed by atoms with Gasteiger partial charge < -0.3 is 14.2 Å². The predicted molar refractivity (Wildman–Crippen MR) is 121 cm³/mol. The van der Waals surface area contributed by atoms with Crippen molar-refractivity contribution < 1.29 is 36.4 Å². The molecule has 12 heteroatoms. The second-order valence-electron chi connectivity index (χ2n) is 7.29. The summed E-state index contributed by atoms with van der Waals surface area (Å²) < 4.78 is 45.3. The van der Waals surface area contributed by atoms with Crippen LogP contribution in [0.25, 0.3) is 0 Å². The first-order valence-corrected chi connectivity index (χ1v) is 12.0. The van der Waals surface area contributed by atoms with Gasteiger partial charge >= 0.3 is 0 Å². The van der Waals surface area contributed by atoms with Crippen molar-refractivity contribution in [2.45, 2.75) is 12.0 Å². The van der Waals surface area contributed by atoms with Crippen LogP contribution in [0.3, 0.4) is 0 Å². The summed E-state index contributed by atoms with van der Waals surface area (Å²) in [5.74, 6) is -0.624. The van der Waals surface area contributed by atoms with Gasteiger partial charge in [-0.05, 0) is 29.8 Å². The average Bonchev–Trinajstić information content (AvgIpc) is 3.09. The number of benzene rings is 2. The lowest BCUT2D eigenvalue weighted by molar-refractivity contribution is -0.125. The summed E-state index contributed by atoms with van der Waals surface area (Å²) in [6.45, 7) is -0.369. The summed E-state index contributed by atoms with van der Waals surface area (Å²) in [7, 11) is 0.171. The fraction of sp³-hybridized carbons (Fsp3) is 0.333. The molecule has 0 bridgehead atoms. The molecule has 0 N–H and O–H groups in total. The lowest BCUT2D eigenvalue weighted by Crippen LogP contribution is -2.38.